The number of nitrogens with two attached hydrogens (primary N) is 1. The molecule has 0 bridgehead atoms. The van der Waals surface area contributed by atoms with Crippen molar-refractivity contribution >= 4 is 5.91 Å². The van der Waals surface area contributed by atoms with E-state index in [9.17, 15) is 4.79 Å². The molecule has 3 heteroatoms. The van der Waals surface area contributed by atoms with E-state index in [1.165, 1.54) is 0 Å². The lowest BCUT2D eigenvalue weighted by Gasteiger charge is -2.13. The SMILES string of the molecule is CCCC(CCN)C(=O)NCC. The third-order valence-corrected chi connectivity index (χ3v) is 1.87. The summed E-state index contributed by atoms with van der Waals surface area (Å²) in [6.45, 7) is 5.33. The highest BCUT2D eigenvalue weighted by atomic mass is 16.1. The molecule has 0 spiro atoms. The second-order valence-corrected chi connectivity index (χ2v) is 2.96. The molecule has 0 radical (unpaired) electrons. The lowest BCUT2D eigenvalue weighted by molar-refractivity contribution is -0.125. The lowest BCUT2D eigenvalue weighted by atomic mass is 9.99. The van der Waals surface area contributed by atoms with E-state index in [2.05, 4.69) is 12.2 Å². The van der Waals surface area contributed by atoms with Crippen LogP contribution in [0, 0.1) is 5.92 Å². The molecule has 1 unspecified atom stereocenters. The Morgan fingerprint density at radius 3 is 2.50 bits per heavy atom. The van der Waals surface area contributed by atoms with Gasteiger partial charge in [-0.25, -0.2) is 0 Å². The predicted molar refractivity (Wildman–Crippen MR) is 50.8 cm³/mol. The number of hydrogen-bond acceptors (Lipinski definition) is 2. The summed E-state index contributed by atoms with van der Waals surface area (Å²) in [5.74, 6) is 0.282. The molecule has 12 heavy (non-hydrogen) atoms. The average molecular weight is 172 g/mol. The molecule has 0 saturated carbocycles. The van der Waals surface area contributed by atoms with Crippen molar-refractivity contribution in [3.63, 3.8) is 0 Å². The van der Waals surface area contributed by atoms with Crippen LogP contribution in [0.25, 0.3) is 0 Å². The standard InChI is InChI=1S/C9H20N2O/c1-3-5-8(6-7-10)9(12)11-4-2/h8H,3-7,10H2,1-2H3,(H,11,12). The first-order valence-corrected chi connectivity index (χ1v) is 4.74. The third-order valence-electron chi connectivity index (χ3n) is 1.87. The number of carbonyl (C=O) groups excluding carboxylic acids is 1. The molecule has 3 nitrogen and oxygen atoms in total. The maximum absolute atomic E-state index is 11.4. The minimum absolute atomic E-state index is 0.125. The molecular weight excluding hydrogens is 152 g/mol. The van der Waals surface area contributed by atoms with Crippen LogP contribution in [0.15, 0.2) is 0 Å². The van der Waals surface area contributed by atoms with Gasteiger partial charge in [-0.1, -0.05) is 13.3 Å². The van der Waals surface area contributed by atoms with Crippen molar-refractivity contribution in [3.8, 4) is 0 Å². The molecule has 0 saturated heterocycles. The van der Waals surface area contributed by atoms with Crippen molar-refractivity contribution in [1.29, 1.82) is 0 Å². The van der Waals surface area contributed by atoms with E-state index in [0.29, 0.717) is 13.1 Å². The van der Waals surface area contributed by atoms with Crippen LogP contribution in [0.3, 0.4) is 0 Å². The van der Waals surface area contributed by atoms with Gasteiger partial charge in [0.25, 0.3) is 0 Å². The van der Waals surface area contributed by atoms with Gasteiger partial charge in [0.15, 0.2) is 0 Å². The van der Waals surface area contributed by atoms with Crippen LogP contribution < -0.4 is 11.1 Å². The first-order valence-electron chi connectivity index (χ1n) is 4.74. The van der Waals surface area contributed by atoms with Gasteiger partial charge in [-0.05, 0) is 26.3 Å². The minimum Gasteiger partial charge on any atom is -0.356 e. The molecule has 0 aromatic rings. The van der Waals surface area contributed by atoms with Crippen LogP contribution >= 0.6 is 0 Å². The Balaban J connectivity index is 3.81. The van der Waals surface area contributed by atoms with Gasteiger partial charge >= 0.3 is 0 Å². The van der Waals surface area contributed by atoms with Gasteiger partial charge in [-0.3, -0.25) is 4.79 Å². The fourth-order valence-corrected chi connectivity index (χ4v) is 1.27. The maximum Gasteiger partial charge on any atom is 0.223 e. The van der Waals surface area contributed by atoms with Gasteiger partial charge < -0.3 is 11.1 Å². The van der Waals surface area contributed by atoms with Gasteiger partial charge in [0.05, 0.1) is 0 Å². The second kappa shape index (κ2) is 7.10. The largest absolute Gasteiger partial charge is 0.356 e. The molecular formula is C9H20N2O. The fraction of sp³-hybridized carbons (Fsp3) is 0.889. The third kappa shape index (κ3) is 4.34. The van der Waals surface area contributed by atoms with Crippen molar-refractivity contribution in [3.05, 3.63) is 0 Å². The lowest BCUT2D eigenvalue weighted by Crippen LogP contribution is -2.31. The molecule has 1 amide bonds. The molecule has 0 aromatic carbocycles. The van der Waals surface area contributed by atoms with Crippen molar-refractivity contribution in [2.75, 3.05) is 13.1 Å². The van der Waals surface area contributed by atoms with Crippen molar-refractivity contribution in [2.45, 2.75) is 33.1 Å². The minimum atomic E-state index is 0.125. The summed E-state index contributed by atoms with van der Waals surface area (Å²) < 4.78 is 0. The Morgan fingerprint density at radius 1 is 1.42 bits per heavy atom. The van der Waals surface area contributed by atoms with E-state index in [1.807, 2.05) is 6.92 Å². The van der Waals surface area contributed by atoms with Crippen LogP contribution in [0.5, 0.6) is 0 Å². The smallest absolute Gasteiger partial charge is 0.223 e. The molecule has 0 aliphatic carbocycles. The summed E-state index contributed by atoms with van der Waals surface area (Å²) in [4.78, 5) is 11.4. The van der Waals surface area contributed by atoms with E-state index in [0.717, 1.165) is 19.3 Å². The normalized spacial score (nSPS) is 12.6. The zero-order valence-electron chi connectivity index (χ0n) is 8.10. The molecule has 1 atom stereocenters. The van der Waals surface area contributed by atoms with Crippen LogP contribution in [0.1, 0.15) is 33.1 Å². The number of carbonyl (C=O) groups is 1. The highest BCUT2D eigenvalue weighted by molar-refractivity contribution is 5.78. The van der Waals surface area contributed by atoms with Gasteiger partial charge in [0, 0.05) is 12.5 Å². The molecule has 72 valence electrons. The highest BCUT2D eigenvalue weighted by Crippen LogP contribution is 2.09. The van der Waals surface area contributed by atoms with Crippen molar-refractivity contribution < 1.29 is 4.79 Å². The van der Waals surface area contributed by atoms with Crippen LogP contribution in [0.2, 0.25) is 0 Å². The first kappa shape index (κ1) is 11.4. The van der Waals surface area contributed by atoms with Gasteiger partial charge in [0.2, 0.25) is 5.91 Å². The molecule has 0 heterocycles. The monoisotopic (exact) mass is 172 g/mol. The van der Waals surface area contributed by atoms with Crippen molar-refractivity contribution in [2.24, 2.45) is 11.7 Å². The molecule has 0 fully saturated rings. The topological polar surface area (TPSA) is 55.1 Å². The predicted octanol–water partition coefficient (Wildman–Crippen LogP) is 0.888. The van der Waals surface area contributed by atoms with Crippen LogP contribution in [0.4, 0.5) is 0 Å². The summed E-state index contributed by atoms with van der Waals surface area (Å²) in [5.41, 5.74) is 5.41. The van der Waals surface area contributed by atoms with Crippen molar-refractivity contribution in [1.82, 2.24) is 5.32 Å². The molecule has 0 aliphatic rings. The summed E-state index contributed by atoms with van der Waals surface area (Å²) in [6, 6.07) is 0. The summed E-state index contributed by atoms with van der Waals surface area (Å²) in [7, 11) is 0. The second-order valence-electron chi connectivity index (χ2n) is 2.96. The quantitative estimate of drug-likeness (QED) is 0.625. The number of amides is 1. The van der Waals surface area contributed by atoms with E-state index in [4.69, 9.17) is 5.73 Å². The Hall–Kier alpha value is -0.570. The van der Waals surface area contributed by atoms with Gasteiger partial charge in [-0.15, -0.1) is 0 Å². The summed E-state index contributed by atoms with van der Waals surface area (Å²) in [5, 5.41) is 2.82. The molecule has 0 aromatic heterocycles. The summed E-state index contributed by atoms with van der Waals surface area (Å²) in [6.07, 6.45) is 2.80. The molecule has 0 aliphatic heterocycles. The maximum atomic E-state index is 11.4. The Labute approximate surface area is 74.7 Å². The van der Waals surface area contributed by atoms with Crippen LogP contribution in [-0.2, 0) is 4.79 Å². The average Bonchev–Trinajstić information content (AvgIpc) is 2.04. The summed E-state index contributed by atoms with van der Waals surface area (Å²) >= 11 is 0. The van der Waals surface area contributed by atoms with E-state index in [-0.39, 0.29) is 11.8 Å². The van der Waals surface area contributed by atoms with E-state index in [1.54, 1.807) is 0 Å². The zero-order valence-corrected chi connectivity index (χ0v) is 8.10. The highest BCUT2D eigenvalue weighted by Gasteiger charge is 2.14. The Morgan fingerprint density at radius 2 is 2.08 bits per heavy atom. The Kier molecular flexibility index (Phi) is 6.76. The first-order chi connectivity index (χ1) is 5.76. The fourth-order valence-electron chi connectivity index (χ4n) is 1.27. The number of rotatable bonds is 6. The van der Waals surface area contributed by atoms with Gasteiger partial charge in [-0.2, -0.15) is 0 Å². The molecule has 3 N–H and O–H groups in total. The number of hydrogen-bond donors (Lipinski definition) is 2. The van der Waals surface area contributed by atoms with Crippen LogP contribution in [-0.4, -0.2) is 19.0 Å². The zero-order chi connectivity index (χ0) is 9.40. The number of nitrogens with one attached hydrogen (secondary N) is 1. The Bertz CT molecular complexity index is 120. The molecule has 0 rings (SSSR count). The van der Waals surface area contributed by atoms with E-state index >= 15 is 0 Å². The van der Waals surface area contributed by atoms with Gasteiger partial charge in [0.1, 0.15) is 0 Å². The van der Waals surface area contributed by atoms with E-state index < -0.39 is 0 Å².